The zero-order valence-electron chi connectivity index (χ0n) is 60.5. The van der Waals surface area contributed by atoms with Crippen molar-refractivity contribution in [3.63, 3.8) is 0 Å². The first-order valence-electron chi connectivity index (χ1n) is 36.3. The Balaban J connectivity index is 0.709. The van der Waals surface area contributed by atoms with E-state index in [1.807, 2.05) is 133 Å². The predicted molar refractivity (Wildman–Crippen MR) is 397 cm³/mol. The number of benzene rings is 6. The minimum absolute atomic E-state index is 0.0514. The number of likely N-dealkylation sites (N-methyl/N-ethyl adjacent to an activating group) is 2. The third-order valence-corrected chi connectivity index (χ3v) is 20.4. The van der Waals surface area contributed by atoms with E-state index in [1.54, 1.807) is 46.9 Å². The van der Waals surface area contributed by atoms with Crippen LogP contribution in [0.5, 0.6) is 0 Å². The van der Waals surface area contributed by atoms with Crippen LogP contribution in [0.15, 0.2) is 158 Å². The van der Waals surface area contributed by atoms with Gasteiger partial charge in [-0.2, -0.15) is 0 Å². The molecule has 0 bridgehead atoms. The third kappa shape index (κ3) is 17.3. The number of amides is 6. The van der Waals surface area contributed by atoms with E-state index in [0.717, 1.165) is 55.6 Å². The number of anilines is 2. The molecular weight excluding hydrogens is 1340 g/mol. The van der Waals surface area contributed by atoms with Gasteiger partial charge in [-0.15, -0.1) is 0 Å². The fourth-order valence-electron chi connectivity index (χ4n) is 14.7. The van der Waals surface area contributed by atoms with Gasteiger partial charge in [0.2, 0.25) is 35.5 Å². The maximum atomic E-state index is 15.1. The van der Waals surface area contributed by atoms with E-state index in [1.165, 1.54) is 23.9 Å². The van der Waals surface area contributed by atoms with Crippen LogP contribution in [0.1, 0.15) is 111 Å². The van der Waals surface area contributed by atoms with Gasteiger partial charge in [0.25, 0.3) is 0 Å². The van der Waals surface area contributed by atoms with Gasteiger partial charge in [0, 0.05) is 52.1 Å². The predicted octanol–water partition coefficient (Wildman–Crippen LogP) is 8.67. The summed E-state index contributed by atoms with van der Waals surface area (Å²) in [7, 11) is 3.03. The highest BCUT2D eigenvalue weighted by Crippen LogP contribution is 2.46. The minimum Gasteiger partial charge on any atom is -0.448 e. The van der Waals surface area contributed by atoms with E-state index in [-0.39, 0.29) is 76.3 Å². The van der Waals surface area contributed by atoms with E-state index in [9.17, 15) is 19.2 Å². The molecule has 26 nitrogen and oxygen atoms in total. The first-order chi connectivity index (χ1) is 51.7. The molecule has 8 atom stereocenters. The number of aromatic nitrogens is 8. The lowest BCUT2D eigenvalue weighted by atomic mass is 9.98. The molecule has 12 rings (SSSR count). The van der Waals surface area contributed by atoms with Crippen LogP contribution in [0, 0.1) is 23.7 Å². The number of fused-ring (bicyclic) bond motifs is 6. The number of hydrogen-bond donors (Lipinski definition) is 4. The number of carbonyl (C=O) groups is 6. The van der Waals surface area contributed by atoms with Crippen LogP contribution in [0.3, 0.4) is 0 Å². The summed E-state index contributed by atoms with van der Waals surface area (Å²) in [5.41, 5.74) is 10.6. The molecule has 0 unspecified atom stereocenters. The van der Waals surface area contributed by atoms with E-state index in [0.29, 0.717) is 63.8 Å². The van der Waals surface area contributed by atoms with Crippen molar-refractivity contribution in [2.24, 2.45) is 0 Å². The Labute approximate surface area is 617 Å². The molecule has 4 aliphatic rings. The maximum Gasteiger partial charge on any atom is 0.410 e. The first kappa shape index (κ1) is 74.2. The lowest BCUT2D eigenvalue weighted by molar-refractivity contribution is -0.142. The SMILES string of the molecule is CC[C@@H](C(=O)N[C@H](C(=O)N1CCC[C@H]1Cn1nnnc1NCc1ccccc1)[C@@H](C)OCC#CC#CCO[C@H](C)[C@H](NC(=O)[C@H](CC)N(C)C(=O)OCC1c2ccccc2-c2ccccc21)C(=O)N1CCC[C@H]1Cn1nnnc1NCc1ccccc1)N(C)C(=O)OCC1c2ccccc2-c2ccccc21. The molecule has 2 saturated heterocycles. The van der Waals surface area contributed by atoms with Gasteiger partial charge < -0.3 is 50.0 Å². The van der Waals surface area contributed by atoms with Gasteiger partial charge >= 0.3 is 12.2 Å². The molecule has 8 aromatic rings. The Kier molecular flexibility index (Phi) is 24.7. The number of hydrogen-bond acceptors (Lipinski definition) is 18. The monoisotopic (exact) mass is 1430 g/mol. The molecule has 6 aromatic carbocycles. The van der Waals surface area contributed by atoms with Crippen molar-refractivity contribution in [3.8, 4) is 45.9 Å². The topological polar surface area (TPSA) is 288 Å². The molecule has 2 aliphatic heterocycles. The lowest BCUT2D eigenvalue weighted by Crippen LogP contribution is -2.59. The highest BCUT2D eigenvalue weighted by Gasteiger charge is 2.42. The normalized spacial score (nSPS) is 16.5. The zero-order valence-corrected chi connectivity index (χ0v) is 60.5. The number of rotatable bonds is 30. The summed E-state index contributed by atoms with van der Waals surface area (Å²) >= 11 is 0. The zero-order chi connectivity index (χ0) is 74.1. The number of carbonyl (C=O) groups excluding carboxylic acids is 6. The van der Waals surface area contributed by atoms with Gasteiger partial charge in [-0.25, -0.2) is 19.0 Å². The van der Waals surface area contributed by atoms with Crippen molar-refractivity contribution in [3.05, 3.63) is 191 Å². The molecule has 26 heteroatoms. The standard InChI is InChI=1S/C80H90N16O10/c1-7-69(91(5)79(101)105-51-67-63-39-21-17-35-59(63)60-36-18-22-40-64(60)67)73(97)83-71(75(99)93-43-27-33-57(93)49-95-77(85-87-89-95)81-47-55-29-13-11-14-30-55)53(3)103-45-25-9-10-26-46-104-54(4)72(76(100)94-44-28-34-58(94)50-96-78(86-88-90-96)82-48-56-31-15-12-16-32-56)84-74(98)70(8-2)92(6)80(102)106-52-68-65-41-23-19-37-61(65)62-38-20-24-42-66(62)68/h11-24,29-32,35-42,53-54,57-58,67-72H,7-8,27-28,33-34,43-52H2,1-6H3,(H,83,97)(H,84,98)(H,81,85,89)(H,82,86,90)/t53-,54-,57+,58+,69+,70+,71+,72+/m1/s1. The Bertz CT molecular complexity index is 4140. The van der Waals surface area contributed by atoms with Gasteiger partial charge in [-0.3, -0.25) is 29.0 Å². The molecule has 0 saturated carbocycles. The van der Waals surface area contributed by atoms with E-state index in [4.69, 9.17) is 18.9 Å². The molecular formula is C80H90N16O10. The first-order valence-corrected chi connectivity index (χ1v) is 36.3. The van der Waals surface area contributed by atoms with Crippen LogP contribution in [0.25, 0.3) is 22.3 Å². The minimum atomic E-state index is -1.24. The second kappa shape index (κ2) is 35.3. The number of nitrogens with zero attached hydrogens (tertiary/aromatic N) is 12. The van der Waals surface area contributed by atoms with Gasteiger partial charge in [0.15, 0.2) is 0 Å². The number of nitrogens with one attached hydrogen (secondary N) is 4. The van der Waals surface area contributed by atoms with Crippen LogP contribution in [0.4, 0.5) is 21.5 Å². The van der Waals surface area contributed by atoms with Crippen molar-refractivity contribution >= 4 is 47.7 Å². The molecule has 4 heterocycles. The average molecular weight is 1440 g/mol. The summed E-state index contributed by atoms with van der Waals surface area (Å²) in [4.78, 5) is 93.4. The Morgan fingerprint density at radius 2 is 0.849 bits per heavy atom. The summed E-state index contributed by atoms with van der Waals surface area (Å²) < 4.78 is 27.8. The fourth-order valence-corrected chi connectivity index (χ4v) is 14.7. The summed E-state index contributed by atoms with van der Waals surface area (Å²) in [6.45, 7) is 8.88. The molecule has 2 aliphatic carbocycles. The van der Waals surface area contributed by atoms with Crippen molar-refractivity contribution in [2.75, 3.05) is 64.2 Å². The Hall–Kier alpha value is -11.5. The molecule has 2 aromatic heterocycles. The van der Waals surface area contributed by atoms with Gasteiger partial charge in [0.05, 0.1) is 37.4 Å². The summed E-state index contributed by atoms with van der Waals surface area (Å²) in [6.07, 6.45) is -0.250. The largest absolute Gasteiger partial charge is 0.448 e. The highest BCUT2D eigenvalue weighted by molar-refractivity contribution is 5.93. The van der Waals surface area contributed by atoms with Crippen molar-refractivity contribution in [1.29, 1.82) is 0 Å². The van der Waals surface area contributed by atoms with Crippen molar-refractivity contribution in [2.45, 2.75) is 153 Å². The fraction of sp³-hybridized carbons (Fsp3) is 0.400. The van der Waals surface area contributed by atoms with Gasteiger partial charge in [0.1, 0.15) is 50.6 Å². The molecule has 6 amide bonds. The quantitative estimate of drug-likeness (QED) is 0.0306. The van der Waals surface area contributed by atoms with Crippen LogP contribution in [0.2, 0.25) is 0 Å². The molecule has 2 fully saturated rings. The van der Waals surface area contributed by atoms with Gasteiger partial charge in [-0.05, 0) is 141 Å². The second-order valence-electron chi connectivity index (χ2n) is 27.0. The highest BCUT2D eigenvalue weighted by atomic mass is 16.6. The third-order valence-electron chi connectivity index (χ3n) is 20.4. The molecule has 0 radical (unpaired) electrons. The van der Waals surface area contributed by atoms with Crippen LogP contribution < -0.4 is 21.3 Å². The summed E-state index contributed by atoms with van der Waals surface area (Å²) in [5, 5.41) is 37.4. The van der Waals surface area contributed by atoms with Crippen molar-refractivity contribution in [1.82, 2.24) is 70.6 Å². The number of ether oxygens (including phenoxy) is 4. The van der Waals surface area contributed by atoms with Crippen molar-refractivity contribution < 1.29 is 47.7 Å². The van der Waals surface area contributed by atoms with Crippen LogP contribution in [-0.4, -0.2) is 198 Å². The van der Waals surface area contributed by atoms with E-state index >= 15 is 9.59 Å². The van der Waals surface area contributed by atoms with E-state index < -0.39 is 72.2 Å². The second-order valence-corrected chi connectivity index (χ2v) is 27.0. The number of likely N-dealkylation sites (tertiary alicyclic amines) is 2. The van der Waals surface area contributed by atoms with E-state index in [2.05, 4.69) is 100 Å². The number of tetrazole rings is 2. The Morgan fingerprint density at radius 1 is 0.500 bits per heavy atom. The maximum absolute atomic E-state index is 15.1. The average Bonchev–Trinajstić information content (AvgIpc) is 1.62. The van der Waals surface area contributed by atoms with Crippen LogP contribution >= 0.6 is 0 Å². The van der Waals surface area contributed by atoms with Gasteiger partial charge in [-0.1, -0.05) is 194 Å². The Morgan fingerprint density at radius 3 is 1.21 bits per heavy atom. The molecule has 106 heavy (non-hydrogen) atoms. The lowest BCUT2D eigenvalue weighted by Gasteiger charge is -2.33. The summed E-state index contributed by atoms with van der Waals surface area (Å²) in [6, 6.07) is 46.6. The smallest absolute Gasteiger partial charge is 0.410 e. The molecule has 0 spiro atoms. The molecule has 4 N–H and O–H groups in total. The molecule has 550 valence electrons. The summed E-state index contributed by atoms with van der Waals surface area (Å²) in [5.74, 6) is 9.90. The van der Waals surface area contributed by atoms with Crippen LogP contribution in [-0.2, 0) is 64.3 Å².